The fourth-order valence-electron chi connectivity index (χ4n) is 4.55. The fraction of sp³-hybridized carbons (Fsp3) is 0.800. The quantitative estimate of drug-likeness (QED) is 0.0314. The van der Waals surface area contributed by atoms with Crippen molar-refractivity contribution in [1.29, 1.82) is 0 Å². The molecule has 0 aliphatic heterocycles. The molecular weight excluding hydrogens is 710 g/mol. The van der Waals surface area contributed by atoms with E-state index in [1.165, 1.54) is 6.92 Å². The van der Waals surface area contributed by atoms with Gasteiger partial charge in [0.25, 0.3) is 0 Å². The van der Waals surface area contributed by atoms with Crippen molar-refractivity contribution in [3.63, 3.8) is 0 Å². The number of hydrogen-bond acceptors (Lipinski definition) is 12. The van der Waals surface area contributed by atoms with Crippen LogP contribution in [0.4, 0.5) is 4.79 Å². The maximum atomic E-state index is 12.2. The zero-order chi connectivity index (χ0) is 40.8. The van der Waals surface area contributed by atoms with Crippen molar-refractivity contribution in [2.45, 2.75) is 123 Å². The third-order valence-electron chi connectivity index (χ3n) is 7.57. The molecule has 54 heavy (non-hydrogen) atoms. The van der Waals surface area contributed by atoms with Crippen LogP contribution in [0.3, 0.4) is 0 Å². The van der Waals surface area contributed by atoms with Crippen LogP contribution < -0.4 is 21.3 Å². The molecule has 19 nitrogen and oxygen atoms in total. The van der Waals surface area contributed by atoms with Crippen molar-refractivity contribution in [3.05, 3.63) is 0 Å². The molecule has 0 rings (SSSR count). The molecule has 7 N–H and O–H groups in total. The van der Waals surface area contributed by atoms with Crippen molar-refractivity contribution < 1.29 is 58.7 Å². The van der Waals surface area contributed by atoms with E-state index in [4.69, 9.17) is 9.47 Å². The highest BCUT2D eigenvalue weighted by atomic mass is 16.6. The molecule has 312 valence electrons. The second-order valence-corrected chi connectivity index (χ2v) is 13.7. The number of unbranched alkanes of at least 4 members (excludes halogenated alkanes) is 6. The van der Waals surface area contributed by atoms with Crippen molar-refractivity contribution in [2.75, 3.05) is 59.0 Å². The maximum absolute atomic E-state index is 12.2. The summed E-state index contributed by atoms with van der Waals surface area (Å²) in [7, 11) is 0. The molecule has 0 saturated carbocycles. The summed E-state index contributed by atoms with van der Waals surface area (Å²) in [6.07, 6.45) is 4.69. The lowest BCUT2D eigenvalue weighted by molar-refractivity contribution is -0.166. The third-order valence-corrected chi connectivity index (χ3v) is 7.57. The van der Waals surface area contributed by atoms with Crippen LogP contribution in [0.5, 0.6) is 0 Å². The van der Waals surface area contributed by atoms with E-state index in [0.717, 1.165) is 0 Å². The van der Waals surface area contributed by atoms with Crippen LogP contribution in [-0.4, -0.2) is 137 Å². The second kappa shape index (κ2) is 30.3. The van der Waals surface area contributed by atoms with Crippen LogP contribution in [-0.2, 0) is 38.2 Å². The second-order valence-electron chi connectivity index (χ2n) is 13.7. The van der Waals surface area contributed by atoms with E-state index in [2.05, 4.69) is 21.3 Å². The predicted molar refractivity (Wildman–Crippen MR) is 195 cm³/mol. The molecule has 0 aromatic carbocycles. The van der Waals surface area contributed by atoms with Gasteiger partial charge in [0.2, 0.25) is 35.4 Å². The first kappa shape index (κ1) is 49.9. The highest BCUT2D eigenvalue weighted by Gasteiger charge is 2.16. The van der Waals surface area contributed by atoms with E-state index in [0.29, 0.717) is 92.6 Å². The van der Waals surface area contributed by atoms with E-state index >= 15 is 0 Å². The third kappa shape index (κ3) is 30.4. The van der Waals surface area contributed by atoms with E-state index in [9.17, 15) is 49.2 Å². The molecular formula is C35H65N7O12. The average Bonchev–Trinajstić information content (AvgIpc) is 3.10. The van der Waals surface area contributed by atoms with E-state index < -0.39 is 29.4 Å². The minimum absolute atomic E-state index is 0.0617. The molecule has 0 aromatic rings. The summed E-state index contributed by atoms with van der Waals surface area (Å²) in [6, 6.07) is 0. The Morgan fingerprint density at radius 3 is 1.31 bits per heavy atom. The van der Waals surface area contributed by atoms with Crippen LogP contribution in [0, 0.1) is 0 Å². The Bertz CT molecular complexity index is 1140. The van der Waals surface area contributed by atoms with Gasteiger partial charge in [-0.1, -0.05) is 0 Å². The van der Waals surface area contributed by atoms with Crippen LogP contribution in [0.2, 0.25) is 0 Å². The normalized spacial score (nSPS) is 10.9. The molecule has 0 saturated heterocycles. The number of hydrogen-bond donors (Lipinski definition) is 7. The van der Waals surface area contributed by atoms with Gasteiger partial charge in [-0.15, -0.1) is 0 Å². The summed E-state index contributed by atoms with van der Waals surface area (Å²) in [5, 5.41) is 41.8. The Labute approximate surface area is 318 Å². The van der Waals surface area contributed by atoms with Crippen molar-refractivity contribution >= 4 is 41.5 Å². The predicted octanol–water partition coefficient (Wildman–Crippen LogP) is 2.01. The number of nitrogens with one attached hydrogen (secondary N) is 4. The number of hydroxylamine groups is 6. The number of alkyl carbamates (subject to hydrolysis) is 1. The summed E-state index contributed by atoms with van der Waals surface area (Å²) in [6.45, 7) is 8.90. The molecule has 0 aliphatic carbocycles. The molecule has 0 aromatic heterocycles. The maximum Gasteiger partial charge on any atom is 0.407 e. The molecule has 0 heterocycles. The van der Waals surface area contributed by atoms with Crippen molar-refractivity contribution in [2.24, 2.45) is 0 Å². The fourth-order valence-corrected chi connectivity index (χ4v) is 4.55. The molecule has 7 amide bonds. The average molecular weight is 776 g/mol. The molecule has 0 atom stereocenters. The highest BCUT2D eigenvalue weighted by Crippen LogP contribution is 2.06. The lowest BCUT2D eigenvalue weighted by Gasteiger charge is -2.19. The van der Waals surface area contributed by atoms with Gasteiger partial charge in [-0.3, -0.25) is 44.4 Å². The SMILES string of the molecule is CC(=O)N(O)CCCCCNC(=O)CCC(=O)N(O)CCCCCNC(=O)CCC(=O)N(O)CCCCCNC(=O)CCOCCNC(=O)OC(C)(C)C. The Morgan fingerprint density at radius 2 is 0.907 bits per heavy atom. The molecule has 0 fully saturated rings. The standard InChI is InChI=1S/C35H65N7O12/c1-28(43)40(50)23-11-5-8-19-36-29(44)14-16-32(47)41(51)24-12-6-9-20-37-30(45)15-17-33(48)42(52)25-13-7-10-21-38-31(46)18-26-53-27-22-39-34(49)54-35(2,3)4/h50-52H,5-27H2,1-4H3,(H,36,44)(H,37,45)(H,38,46)(H,39,49). The van der Waals surface area contributed by atoms with Crippen LogP contribution in [0.25, 0.3) is 0 Å². The van der Waals surface area contributed by atoms with Gasteiger partial charge in [-0.2, -0.15) is 0 Å². The highest BCUT2D eigenvalue weighted by molar-refractivity contribution is 5.83. The largest absolute Gasteiger partial charge is 0.444 e. The first-order valence-corrected chi connectivity index (χ1v) is 18.8. The lowest BCUT2D eigenvalue weighted by Crippen LogP contribution is -2.34. The van der Waals surface area contributed by atoms with E-state index in [-0.39, 0.29) is 89.2 Å². The van der Waals surface area contributed by atoms with Crippen LogP contribution >= 0.6 is 0 Å². The molecule has 0 spiro atoms. The van der Waals surface area contributed by atoms with Gasteiger partial charge in [0.15, 0.2) is 0 Å². The minimum atomic E-state index is -0.580. The number of rotatable bonds is 30. The molecule has 0 radical (unpaired) electrons. The molecule has 0 bridgehead atoms. The summed E-state index contributed by atoms with van der Waals surface area (Å²) in [5.74, 6) is -2.38. The van der Waals surface area contributed by atoms with Crippen molar-refractivity contribution in [1.82, 2.24) is 36.5 Å². The summed E-state index contributed by atoms with van der Waals surface area (Å²) < 4.78 is 10.4. The van der Waals surface area contributed by atoms with E-state index in [1.54, 1.807) is 20.8 Å². The Kier molecular flexibility index (Phi) is 28.0. The molecule has 0 aliphatic rings. The zero-order valence-corrected chi connectivity index (χ0v) is 32.6. The number of carbonyl (C=O) groups is 7. The molecule has 19 heteroatoms. The van der Waals surface area contributed by atoms with Crippen molar-refractivity contribution in [3.8, 4) is 0 Å². The van der Waals surface area contributed by atoms with Crippen LogP contribution in [0.1, 0.15) is 118 Å². The summed E-state index contributed by atoms with van der Waals surface area (Å²) in [4.78, 5) is 82.6. The van der Waals surface area contributed by atoms with Gasteiger partial charge in [0.05, 0.1) is 13.2 Å². The van der Waals surface area contributed by atoms with Gasteiger partial charge < -0.3 is 30.7 Å². The van der Waals surface area contributed by atoms with Gasteiger partial charge >= 0.3 is 6.09 Å². The Hall–Kier alpha value is -4.07. The Balaban J connectivity index is 3.76. The lowest BCUT2D eigenvalue weighted by atomic mass is 10.2. The zero-order valence-electron chi connectivity index (χ0n) is 32.6. The number of nitrogens with zero attached hydrogens (tertiary/aromatic N) is 3. The van der Waals surface area contributed by atoms with Gasteiger partial charge in [0.1, 0.15) is 5.60 Å². The van der Waals surface area contributed by atoms with E-state index in [1.807, 2.05) is 0 Å². The summed E-state index contributed by atoms with van der Waals surface area (Å²) in [5.41, 5.74) is -0.580. The number of carbonyl (C=O) groups excluding carboxylic acids is 7. The first-order valence-electron chi connectivity index (χ1n) is 18.8. The Morgan fingerprint density at radius 1 is 0.500 bits per heavy atom. The smallest absolute Gasteiger partial charge is 0.407 e. The first-order chi connectivity index (χ1) is 25.5. The van der Waals surface area contributed by atoms with Gasteiger partial charge in [0, 0.05) is 84.8 Å². The monoisotopic (exact) mass is 775 g/mol. The molecule has 0 unspecified atom stereocenters. The topological polar surface area (TPSA) is 256 Å². The van der Waals surface area contributed by atoms with Crippen LogP contribution in [0.15, 0.2) is 0 Å². The van der Waals surface area contributed by atoms with Gasteiger partial charge in [-0.05, 0) is 78.6 Å². The number of ether oxygens (including phenoxy) is 2. The minimum Gasteiger partial charge on any atom is -0.444 e. The number of amides is 7. The summed E-state index contributed by atoms with van der Waals surface area (Å²) >= 11 is 0. The van der Waals surface area contributed by atoms with Gasteiger partial charge in [-0.25, -0.2) is 20.0 Å².